The van der Waals surface area contributed by atoms with Crippen LogP contribution in [-0.2, 0) is 0 Å². The van der Waals surface area contributed by atoms with Crippen LogP contribution in [0.1, 0.15) is 33.1 Å². The van der Waals surface area contributed by atoms with E-state index in [9.17, 15) is 0 Å². The summed E-state index contributed by atoms with van der Waals surface area (Å²) in [6.45, 7) is 5.89. The molecule has 0 aromatic heterocycles. The predicted octanol–water partition coefficient (Wildman–Crippen LogP) is 2.20. The highest BCUT2D eigenvalue weighted by atomic mass is 16.3. The molecule has 0 saturated heterocycles. The van der Waals surface area contributed by atoms with Crippen LogP contribution >= 0.6 is 0 Å². The van der Waals surface area contributed by atoms with Crippen molar-refractivity contribution in [1.29, 1.82) is 0 Å². The molecular formula is C14H25NO. The SMILES string of the molecule is CC(C)C(CCO)NCC1CC2C=CC1C2. The third-order valence-electron chi connectivity index (χ3n) is 4.30. The molecule has 0 spiro atoms. The predicted molar refractivity (Wildman–Crippen MR) is 67.2 cm³/mol. The summed E-state index contributed by atoms with van der Waals surface area (Å²) in [5.41, 5.74) is 0. The van der Waals surface area contributed by atoms with E-state index in [-0.39, 0.29) is 0 Å². The van der Waals surface area contributed by atoms with Gasteiger partial charge in [-0.05, 0) is 49.5 Å². The Bertz CT molecular complexity index is 249. The molecule has 2 nitrogen and oxygen atoms in total. The van der Waals surface area contributed by atoms with E-state index in [0.29, 0.717) is 18.6 Å². The van der Waals surface area contributed by atoms with Gasteiger partial charge in [-0.1, -0.05) is 26.0 Å². The number of aliphatic hydroxyl groups excluding tert-OH is 1. The van der Waals surface area contributed by atoms with Gasteiger partial charge in [0, 0.05) is 12.6 Å². The molecule has 0 aromatic carbocycles. The summed E-state index contributed by atoms with van der Waals surface area (Å²) in [4.78, 5) is 0. The van der Waals surface area contributed by atoms with Crippen molar-refractivity contribution in [2.75, 3.05) is 13.2 Å². The van der Waals surface area contributed by atoms with Crippen molar-refractivity contribution in [3.05, 3.63) is 12.2 Å². The Morgan fingerprint density at radius 3 is 2.62 bits per heavy atom. The van der Waals surface area contributed by atoms with Gasteiger partial charge in [0.05, 0.1) is 0 Å². The van der Waals surface area contributed by atoms with Gasteiger partial charge in [-0.15, -0.1) is 0 Å². The first-order valence-electron chi connectivity index (χ1n) is 6.73. The van der Waals surface area contributed by atoms with Crippen LogP contribution in [0, 0.1) is 23.7 Å². The minimum Gasteiger partial charge on any atom is -0.396 e. The molecule has 1 fully saturated rings. The molecule has 2 rings (SSSR count). The number of fused-ring (bicyclic) bond motifs is 2. The average molecular weight is 223 g/mol. The second-order valence-electron chi connectivity index (χ2n) is 5.81. The largest absolute Gasteiger partial charge is 0.396 e. The second-order valence-corrected chi connectivity index (χ2v) is 5.81. The minimum atomic E-state index is 0.298. The van der Waals surface area contributed by atoms with Crippen LogP contribution in [0.25, 0.3) is 0 Å². The number of allylic oxidation sites excluding steroid dienone is 2. The molecule has 0 aliphatic heterocycles. The van der Waals surface area contributed by atoms with E-state index in [1.807, 2.05) is 0 Å². The molecule has 92 valence electrons. The van der Waals surface area contributed by atoms with Crippen molar-refractivity contribution in [3.8, 4) is 0 Å². The van der Waals surface area contributed by atoms with Crippen molar-refractivity contribution in [1.82, 2.24) is 5.32 Å². The van der Waals surface area contributed by atoms with Gasteiger partial charge < -0.3 is 10.4 Å². The Labute approximate surface area is 99.1 Å². The summed E-state index contributed by atoms with van der Waals surface area (Å²) >= 11 is 0. The lowest BCUT2D eigenvalue weighted by atomic mass is 9.92. The molecule has 0 aromatic rings. The van der Waals surface area contributed by atoms with Crippen LogP contribution in [0.3, 0.4) is 0 Å². The highest BCUT2D eigenvalue weighted by Crippen LogP contribution is 2.43. The Balaban J connectivity index is 1.75. The third kappa shape index (κ3) is 2.67. The Morgan fingerprint density at radius 1 is 1.31 bits per heavy atom. The summed E-state index contributed by atoms with van der Waals surface area (Å²) < 4.78 is 0. The van der Waals surface area contributed by atoms with Gasteiger partial charge in [-0.25, -0.2) is 0 Å². The molecule has 0 heterocycles. The fourth-order valence-corrected chi connectivity index (χ4v) is 3.24. The molecule has 1 saturated carbocycles. The number of hydrogen-bond donors (Lipinski definition) is 2. The van der Waals surface area contributed by atoms with E-state index in [0.717, 1.165) is 30.7 Å². The van der Waals surface area contributed by atoms with Crippen LogP contribution in [0.4, 0.5) is 0 Å². The topological polar surface area (TPSA) is 32.3 Å². The quantitative estimate of drug-likeness (QED) is 0.677. The summed E-state index contributed by atoms with van der Waals surface area (Å²) in [6.07, 6.45) is 8.46. The highest BCUT2D eigenvalue weighted by Gasteiger charge is 2.35. The van der Waals surface area contributed by atoms with E-state index in [2.05, 4.69) is 31.3 Å². The fraction of sp³-hybridized carbons (Fsp3) is 0.857. The molecule has 16 heavy (non-hydrogen) atoms. The smallest absolute Gasteiger partial charge is 0.0445 e. The number of rotatable bonds is 6. The van der Waals surface area contributed by atoms with Crippen molar-refractivity contribution in [2.24, 2.45) is 23.7 Å². The Hall–Kier alpha value is -0.340. The lowest BCUT2D eigenvalue weighted by Gasteiger charge is -2.26. The molecule has 2 N–H and O–H groups in total. The third-order valence-corrected chi connectivity index (χ3v) is 4.30. The molecule has 2 heteroatoms. The molecule has 2 aliphatic rings. The van der Waals surface area contributed by atoms with Crippen molar-refractivity contribution in [3.63, 3.8) is 0 Å². The summed E-state index contributed by atoms with van der Waals surface area (Å²) in [7, 11) is 0. The van der Waals surface area contributed by atoms with Gasteiger partial charge >= 0.3 is 0 Å². The second kappa shape index (κ2) is 5.33. The summed E-state index contributed by atoms with van der Waals surface area (Å²) in [5, 5.41) is 12.7. The van der Waals surface area contributed by atoms with Gasteiger partial charge in [0.15, 0.2) is 0 Å². The van der Waals surface area contributed by atoms with Crippen molar-refractivity contribution in [2.45, 2.75) is 39.2 Å². The molecule has 4 unspecified atom stereocenters. The highest BCUT2D eigenvalue weighted by molar-refractivity contribution is 5.10. The van der Waals surface area contributed by atoms with E-state index in [4.69, 9.17) is 5.11 Å². The molecule has 4 atom stereocenters. The van der Waals surface area contributed by atoms with E-state index in [1.165, 1.54) is 12.8 Å². The van der Waals surface area contributed by atoms with Gasteiger partial charge in [0.1, 0.15) is 0 Å². The maximum atomic E-state index is 9.03. The van der Waals surface area contributed by atoms with Gasteiger partial charge in [-0.3, -0.25) is 0 Å². The molecule has 0 radical (unpaired) electrons. The lowest BCUT2D eigenvalue weighted by molar-refractivity contribution is 0.236. The zero-order valence-electron chi connectivity index (χ0n) is 10.5. The average Bonchev–Trinajstić information content (AvgIpc) is 2.85. The first-order chi connectivity index (χ1) is 7.70. The van der Waals surface area contributed by atoms with Crippen LogP contribution in [-0.4, -0.2) is 24.3 Å². The standard InChI is InChI=1S/C14H25NO/c1-10(2)14(5-6-16)15-9-13-8-11-3-4-12(13)7-11/h3-4,10-16H,5-9H2,1-2H3. The van der Waals surface area contributed by atoms with Gasteiger partial charge in [0.2, 0.25) is 0 Å². The van der Waals surface area contributed by atoms with E-state index < -0.39 is 0 Å². The normalized spacial score (nSPS) is 33.9. The summed E-state index contributed by atoms with van der Waals surface area (Å²) in [5.74, 6) is 3.16. The molecular weight excluding hydrogens is 198 g/mol. The molecule has 2 aliphatic carbocycles. The Kier molecular flexibility index (Phi) is 4.04. The fourth-order valence-electron chi connectivity index (χ4n) is 3.24. The first-order valence-corrected chi connectivity index (χ1v) is 6.73. The number of nitrogens with one attached hydrogen (secondary N) is 1. The van der Waals surface area contributed by atoms with E-state index >= 15 is 0 Å². The van der Waals surface area contributed by atoms with Crippen LogP contribution in [0.5, 0.6) is 0 Å². The number of hydrogen-bond acceptors (Lipinski definition) is 2. The first kappa shape index (κ1) is 12.1. The number of aliphatic hydroxyl groups is 1. The van der Waals surface area contributed by atoms with Gasteiger partial charge in [-0.2, -0.15) is 0 Å². The van der Waals surface area contributed by atoms with E-state index in [1.54, 1.807) is 0 Å². The minimum absolute atomic E-state index is 0.298. The zero-order chi connectivity index (χ0) is 11.5. The molecule has 0 amide bonds. The maximum Gasteiger partial charge on any atom is 0.0445 e. The maximum absolute atomic E-state index is 9.03. The lowest BCUT2D eigenvalue weighted by Crippen LogP contribution is -2.38. The zero-order valence-corrected chi connectivity index (χ0v) is 10.5. The Morgan fingerprint density at radius 2 is 2.12 bits per heavy atom. The van der Waals surface area contributed by atoms with Crippen LogP contribution in [0.15, 0.2) is 12.2 Å². The van der Waals surface area contributed by atoms with Gasteiger partial charge in [0.25, 0.3) is 0 Å². The van der Waals surface area contributed by atoms with Crippen LogP contribution in [0.2, 0.25) is 0 Å². The monoisotopic (exact) mass is 223 g/mol. The van der Waals surface area contributed by atoms with Crippen LogP contribution < -0.4 is 5.32 Å². The van der Waals surface area contributed by atoms with Crippen molar-refractivity contribution >= 4 is 0 Å². The van der Waals surface area contributed by atoms with Crippen molar-refractivity contribution < 1.29 is 5.11 Å². The summed E-state index contributed by atoms with van der Waals surface area (Å²) in [6, 6.07) is 0.480. The molecule has 2 bridgehead atoms.